The molecule has 16 heavy (non-hydrogen) atoms. The average Bonchev–Trinajstić information content (AvgIpc) is 2.29. The second kappa shape index (κ2) is 7.77. The second-order valence-electron chi connectivity index (χ2n) is 3.31. The fraction of sp³-hybridized carbons (Fsp3) is 0.500. The van der Waals surface area contributed by atoms with Gasteiger partial charge in [-0.05, 0) is 18.6 Å². The third-order valence-electron chi connectivity index (χ3n) is 2.04. The van der Waals surface area contributed by atoms with E-state index in [0.29, 0.717) is 24.1 Å². The van der Waals surface area contributed by atoms with Gasteiger partial charge in [-0.25, -0.2) is 0 Å². The Morgan fingerprint density at radius 1 is 1.19 bits per heavy atom. The van der Waals surface area contributed by atoms with Gasteiger partial charge in [0.15, 0.2) is 0 Å². The van der Waals surface area contributed by atoms with E-state index < -0.39 is 0 Å². The molecule has 0 N–H and O–H groups in total. The largest absolute Gasteiger partial charge is 0.491 e. The van der Waals surface area contributed by atoms with E-state index in [1.54, 1.807) is 6.07 Å². The molecule has 0 aliphatic heterocycles. The van der Waals surface area contributed by atoms with E-state index >= 15 is 0 Å². The summed E-state index contributed by atoms with van der Waals surface area (Å²) in [5.41, 5.74) is 0.835. The van der Waals surface area contributed by atoms with Gasteiger partial charge < -0.3 is 9.47 Å². The van der Waals surface area contributed by atoms with E-state index in [9.17, 15) is 0 Å². The maximum absolute atomic E-state index is 6.00. The van der Waals surface area contributed by atoms with Gasteiger partial charge in [0.25, 0.3) is 0 Å². The zero-order valence-corrected chi connectivity index (χ0v) is 10.9. The topological polar surface area (TPSA) is 18.5 Å². The van der Waals surface area contributed by atoms with E-state index in [4.69, 9.17) is 32.7 Å². The zero-order valence-electron chi connectivity index (χ0n) is 9.34. The van der Waals surface area contributed by atoms with Crippen LogP contribution < -0.4 is 4.74 Å². The van der Waals surface area contributed by atoms with Gasteiger partial charge in [0.05, 0.1) is 12.5 Å². The lowest BCUT2D eigenvalue weighted by Crippen LogP contribution is -2.08. The van der Waals surface area contributed by atoms with Crippen molar-refractivity contribution in [3.8, 4) is 5.75 Å². The molecular formula is C12H16Cl2O2. The summed E-state index contributed by atoms with van der Waals surface area (Å²) in [6, 6.07) is 5.52. The molecule has 4 heteroatoms. The lowest BCUT2D eigenvalue weighted by molar-refractivity contribution is 0.100. The molecule has 0 bridgehead atoms. The fourth-order valence-corrected chi connectivity index (χ4v) is 1.84. The Labute approximate surface area is 106 Å². The van der Waals surface area contributed by atoms with Crippen molar-refractivity contribution in [1.29, 1.82) is 0 Å². The van der Waals surface area contributed by atoms with Crippen LogP contribution in [0, 0.1) is 0 Å². The molecule has 0 aromatic heterocycles. The maximum Gasteiger partial charge on any atom is 0.125 e. The SMILES string of the molecule is CCCOCCOc1cccc(Cl)c1CCl. The van der Waals surface area contributed by atoms with Crippen LogP contribution in [0.15, 0.2) is 18.2 Å². The predicted octanol–water partition coefficient (Wildman–Crippen LogP) is 3.88. The molecule has 0 atom stereocenters. The summed E-state index contributed by atoms with van der Waals surface area (Å²) >= 11 is 11.8. The highest BCUT2D eigenvalue weighted by atomic mass is 35.5. The molecule has 0 spiro atoms. The highest BCUT2D eigenvalue weighted by Gasteiger charge is 2.06. The molecule has 0 heterocycles. The first-order valence-electron chi connectivity index (χ1n) is 5.33. The molecule has 1 aromatic carbocycles. The Morgan fingerprint density at radius 2 is 2.00 bits per heavy atom. The Balaban J connectivity index is 2.44. The molecule has 0 radical (unpaired) electrons. The predicted molar refractivity (Wildman–Crippen MR) is 67.6 cm³/mol. The molecule has 1 aromatic rings. The van der Waals surface area contributed by atoms with Gasteiger partial charge in [-0.3, -0.25) is 0 Å². The fourth-order valence-electron chi connectivity index (χ4n) is 1.26. The van der Waals surface area contributed by atoms with Crippen molar-refractivity contribution >= 4 is 23.2 Å². The minimum atomic E-state index is 0.352. The van der Waals surface area contributed by atoms with Crippen molar-refractivity contribution in [2.75, 3.05) is 19.8 Å². The summed E-state index contributed by atoms with van der Waals surface area (Å²) in [6.07, 6.45) is 1.02. The van der Waals surface area contributed by atoms with Crippen molar-refractivity contribution in [3.63, 3.8) is 0 Å². The Kier molecular flexibility index (Phi) is 6.62. The minimum Gasteiger partial charge on any atom is -0.491 e. The van der Waals surface area contributed by atoms with Crippen LogP contribution in [0.1, 0.15) is 18.9 Å². The highest BCUT2D eigenvalue weighted by Crippen LogP contribution is 2.27. The normalized spacial score (nSPS) is 10.4. The molecular weight excluding hydrogens is 247 g/mol. The molecule has 90 valence electrons. The van der Waals surface area contributed by atoms with Crippen LogP contribution in [0.4, 0.5) is 0 Å². The van der Waals surface area contributed by atoms with Crippen molar-refractivity contribution in [2.24, 2.45) is 0 Å². The molecule has 0 amide bonds. The first kappa shape index (κ1) is 13.6. The van der Waals surface area contributed by atoms with Crippen LogP contribution in [0.3, 0.4) is 0 Å². The van der Waals surface area contributed by atoms with Crippen LogP contribution in [-0.2, 0) is 10.6 Å². The lowest BCUT2D eigenvalue weighted by Gasteiger charge is -2.11. The number of benzene rings is 1. The summed E-state index contributed by atoms with van der Waals surface area (Å²) in [6.45, 7) is 3.94. The summed E-state index contributed by atoms with van der Waals surface area (Å²) in [5, 5.41) is 0.641. The maximum atomic E-state index is 6.00. The van der Waals surface area contributed by atoms with Crippen molar-refractivity contribution in [3.05, 3.63) is 28.8 Å². The molecule has 0 saturated heterocycles. The molecule has 0 unspecified atom stereocenters. The molecule has 0 aliphatic rings. The van der Waals surface area contributed by atoms with E-state index in [2.05, 4.69) is 6.92 Å². The number of alkyl halides is 1. The summed E-state index contributed by atoms with van der Waals surface area (Å²) in [7, 11) is 0. The zero-order chi connectivity index (χ0) is 11.8. The third kappa shape index (κ3) is 4.20. The van der Waals surface area contributed by atoms with Gasteiger partial charge in [0.2, 0.25) is 0 Å². The van der Waals surface area contributed by atoms with Crippen molar-refractivity contribution in [2.45, 2.75) is 19.2 Å². The van der Waals surface area contributed by atoms with E-state index in [1.807, 2.05) is 12.1 Å². The number of hydrogen-bond acceptors (Lipinski definition) is 2. The van der Waals surface area contributed by atoms with Gasteiger partial charge in [-0.1, -0.05) is 24.6 Å². The first-order valence-corrected chi connectivity index (χ1v) is 6.24. The summed E-state index contributed by atoms with van der Waals surface area (Å²) < 4.78 is 10.9. The van der Waals surface area contributed by atoms with Crippen LogP contribution in [0.25, 0.3) is 0 Å². The Hall–Kier alpha value is -0.440. The van der Waals surface area contributed by atoms with Gasteiger partial charge in [-0.15, -0.1) is 11.6 Å². The monoisotopic (exact) mass is 262 g/mol. The number of halogens is 2. The van der Waals surface area contributed by atoms with Gasteiger partial charge >= 0.3 is 0 Å². The van der Waals surface area contributed by atoms with Crippen molar-refractivity contribution in [1.82, 2.24) is 0 Å². The van der Waals surface area contributed by atoms with Gasteiger partial charge in [-0.2, -0.15) is 0 Å². The van der Waals surface area contributed by atoms with Crippen molar-refractivity contribution < 1.29 is 9.47 Å². The number of ether oxygens (including phenoxy) is 2. The third-order valence-corrected chi connectivity index (χ3v) is 2.66. The second-order valence-corrected chi connectivity index (χ2v) is 3.99. The summed E-state index contributed by atoms with van der Waals surface area (Å²) in [4.78, 5) is 0. The molecule has 2 nitrogen and oxygen atoms in total. The molecule has 1 rings (SSSR count). The van der Waals surface area contributed by atoms with E-state index in [0.717, 1.165) is 24.3 Å². The van der Waals surface area contributed by atoms with E-state index in [-0.39, 0.29) is 0 Å². The average molecular weight is 263 g/mol. The molecule has 0 aliphatic carbocycles. The van der Waals surface area contributed by atoms with Gasteiger partial charge in [0.1, 0.15) is 12.4 Å². The number of hydrogen-bond donors (Lipinski definition) is 0. The van der Waals surface area contributed by atoms with Crippen LogP contribution in [0.5, 0.6) is 5.75 Å². The Morgan fingerprint density at radius 3 is 2.69 bits per heavy atom. The number of rotatable bonds is 7. The highest BCUT2D eigenvalue weighted by molar-refractivity contribution is 6.32. The van der Waals surface area contributed by atoms with E-state index in [1.165, 1.54) is 0 Å². The van der Waals surface area contributed by atoms with Crippen LogP contribution in [0.2, 0.25) is 5.02 Å². The van der Waals surface area contributed by atoms with Crippen LogP contribution in [-0.4, -0.2) is 19.8 Å². The smallest absolute Gasteiger partial charge is 0.125 e. The Bertz CT molecular complexity index is 316. The van der Waals surface area contributed by atoms with Gasteiger partial charge in [0, 0.05) is 17.2 Å². The lowest BCUT2D eigenvalue weighted by atomic mass is 10.2. The first-order chi connectivity index (χ1) is 7.79. The minimum absolute atomic E-state index is 0.352. The standard InChI is InChI=1S/C12H16Cl2O2/c1-2-6-15-7-8-16-12-5-3-4-11(14)10(12)9-13/h3-5H,2,6-9H2,1H3. The van der Waals surface area contributed by atoms with Crippen LogP contribution >= 0.6 is 23.2 Å². The molecule has 0 saturated carbocycles. The quantitative estimate of drug-likeness (QED) is 0.549. The molecule has 0 fully saturated rings. The summed E-state index contributed by atoms with van der Waals surface area (Å²) in [5.74, 6) is 1.09.